The molecule has 2 N–H and O–H groups in total. The number of hydrogen-bond acceptors (Lipinski definition) is 9. The molecule has 0 bridgehead atoms. The maximum absolute atomic E-state index is 14.4. The van der Waals surface area contributed by atoms with Gasteiger partial charge in [0.1, 0.15) is 11.2 Å². The van der Waals surface area contributed by atoms with Crippen LogP contribution < -0.4 is 31.1 Å². The zero-order valence-electron chi connectivity index (χ0n) is 23.4. The molecule has 0 fully saturated rings. The van der Waals surface area contributed by atoms with Gasteiger partial charge in [0, 0.05) is 40.8 Å². The summed E-state index contributed by atoms with van der Waals surface area (Å²) in [7, 11) is 5.66. The van der Waals surface area contributed by atoms with Crippen molar-refractivity contribution in [3.05, 3.63) is 105 Å². The number of ether oxygens (including phenoxy) is 4. The number of benzene rings is 2. The van der Waals surface area contributed by atoms with Crippen LogP contribution in [0, 0.1) is 0 Å². The van der Waals surface area contributed by atoms with E-state index >= 15 is 0 Å². The van der Waals surface area contributed by atoms with Gasteiger partial charge in [-0.05, 0) is 59.7 Å². The van der Waals surface area contributed by atoms with E-state index in [2.05, 4.69) is 4.98 Å². The maximum atomic E-state index is 14.4. The topological polar surface area (TPSA) is 137 Å². The molecule has 0 aliphatic heterocycles. The highest BCUT2D eigenvalue weighted by Gasteiger charge is 2.28. The fourth-order valence-electron chi connectivity index (χ4n) is 4.97. The van der Waals surface area contributed by atoms with Crippen molar-refractivity contribution in [1.29, 1.82) is 0 Å². The second kappa shape index (κ2) is 11.5. The van der Waals surface area contributed by atoms with Gasteiger partial charge in [-0.25, -0.2) is 4.79 Å². The molecule has 42 heavy (non-hydrogen) atoms. The maximum Gasteiger partial charge on any atom is 0.355 e. The summed E-state index contributed by atoms with van der Waals surface area (Å²) in [5.41, 5.74) is 7.19. The first-order valence-corrected chi connectivity index (χ1v) is 12.8. The van der Waals surface area contributed by atoms with Crippen molar-refractivity contribution >= 4 is 22.6 Å². The predicted octanol–water partition coefficient (Wildman–Crippen LogP) is 3.66. The Hall–Kier alpha value is -5.58. The first-order chi connectivity index (χ1) is 20.3. The summed E-state index contributed by atoms with van der Waals surface area (Å²) in [6, 6.07) is 16.2. The summed E-state index contributed by atoms with van der Waals surface area (Å²) in [6.45, 7) is 0.0628. The van der Waals surface area contributed by atoms with Crippen molar-refractivity contribution in [2.45, 2.75) is 6.54 Å². The van der Waals surface area contributed by atoms with Crippen LogP contribution in [0.2, 0.25) is 0 Å². The van der Waals surface area contributed by atoms with Crippen LogP contribution in [0.25, 0.3) is 27.7 Å². The Morgan fingerprint density at radius 2 is 1.60 bits per heavy atom. The Kier molecular flexibility index (Phi) is 7.65. The minimum absolute atomic E-state index is 0.0628. The van der Waals surface area contributed by atoms with Gasteiger partial charge >= 0.3 is 5.97 Å². The number of nitrogens with zero attached hydrogens (tertiary/aromatic N) is 3. The molecule has 11 nitrogen and oxygen atoms in total. The third kappa shape index (κ3) is 4.81. The van der Waals surface area contributed by atoms with Crippen molar-refractivity contribution < 1.29 is 23.7 Å². The Labute approximate surface area is 240 Å². The molecule has 2 aromatic carbocycles. The molecule has 11 heteroatoms. The van der Waals surface area contributed by atoms with E-state index < -0.39 is 17.1 Å². The lowest BCUT2D eigenvalue weighted by Crippen LogP contribution is -2.32. The second-order valence-electron chi connectivity index (χ2n) is 9.24. The molecule has 3 heterocycles. The van der Waals surface area contributed by atoms with Crippen LogP contribution in [0.4, 0.5) is 5.69 Å². The molecule has 0 atom stereocenters. The van der Waals surface area contributed by atoms with Crippen LogP contribution >= 0.6 is 0 Å². The van der Waals surface area contributed by atoms with Gasteiger partial charge in [-0.1, -0.05) is 6.07 Å². The second-order valence-corrected chi connectivity index (χ2v) is 9.24. The molecule has 0 unspecified atom stereocenters. The summed E-state index contributed by atoms with van der Waals surface area (Å²) >= 11 is 0. The third-order valence-electron chi connectivity index (χ3n) is 6.87. The third-order valence-corrected chi connectivity index (χ3v) is 6.87. The Morgan fingerprint density at radius 1 is 0.905 bits per heavy atom. The lowest BCUT2D eigenvalue weighted by molar-refractivity contribution is 0.0591. The number of aromatic nitrogens is 3. The zero-order chi connectivity index (χ0) is 30.0. The molecule has 0 spiro atoms. The van der Waals surface area contributed by atoms with E-state index in [0.29, 0.717) is 50.7 Å². The molecule has 0 saturated carbocycles. The Morgan fingerprint density at radius 3 is 2.17 bits per heavy atom. The first-order valence-electron chi connectivity index (χ1n) is 12.8. The Balaban J connectivity index is 2.02. The molecular weight excluding hydrogens is 540 g/mol. The van der Waals surface area contributed by atoms with Crippen molar-refractivity contribution in [1.82, 2.24) is 14.1 Å². The fraction of sp³-hybridized carbons (Fsp3) is 0.161. The molecule has 5 aromatic rings. The van der Waals surface area contributed by atoms with E-state index in [-0.39, 0.29) is 17.8 Å². The monoisotopic (exact) mass is 568 g/mol. The highest BCUT2D eigenvalue weighted by atomic mass is 16.5. The largest absolute Gasteiger partial charge is 0.493 e. The standard InChI is InChI=1S/C31H28N4O7/c1-39-23-14-19(15-24(40-2)29(23)41-3)26-22-11-12-25(36)34(17-18-6-5-13-33-16-18)27(22)30(37)35(28(26)31(38)42-4)21-9-7-20(32)8-10-21/h5-16H,17,32H2,1-4H3. The van der Waals surface area contributed by atoms with Gasteiger partial charge in [-0.15, -0.1) is 0 Å². The molecular formula is C31H28N4O7. The lowest BCUT2D eigenvalue weighted by atomic mass is 9.97. The number of hydrogen-bond donors (Lipinski definition) is 1. The van der Waals surface area contributed by atoms with Gasteiger partial charge in [-0.2, -0.15) is 0 Å². The molecule has 0 aliphatic rings. The minimum atomic E-state index is -0.778. The summed E-state index contributed by atoms with van der Waals surface area (Å²) in [6.07, 6.45) is 3.24. The number of anilines is 1. The lowest BCUT2D eigenvalue weighted by Gasteiger charge is -2.22. The SMILES string of the molecule is COC(=O)c1c(-c2cc(OC)c(OC)c(OC)c2)c2ccc(=O)n(Cc3cccnc3)c2c(=O)n1-c1ccc(N)cc1. The normalized spacial score (nSPS) is 10.9. The summed E-state index contributed by atoms with van der Waals surface area (Å²) in [5, 5.41) is 0.338. The summed E-state index contributed by atoms with van der Waals surface area (Å²) in [5.74, 6) is 0.210. The number of esters is 1. The van der Waals surface area contributed by atoms with Crippen LogP contribution in [0.3, 0.4) is 0 Å². The zero-order valence-corrected chi connectivity index (χ0v) is 23.4. The fourth-order valence-corrected chi connectivity index (χ4v) is 4.97. The van der Waals surface area contributed by atoms with E-state index in [0.717, 1.165) is 0 Å². The van der Waals surface area contributed by atoms with Crippen LogP contribution in [0.15, 0.2) is 82.6 Å². The van der Waals surface area contributed by atoms with Gasteiger partial charge in [0.05, 0.1) is 35.0 Å². The van der Waals surface area contributed by atoms with Gasteiger partial charge in [0.25, 0.3) is 11.1 Å². The molecule has 0 saturated heterocycles. The van der Waals surface area contributed by atoms with E-state index in [1.165, 1.54) is 49.7 Å². The number of nitrogens with two attached hydrogens (primary N) is 1. The predicted molar refractivity (Wildman–Crippen MR) is 158 cm³/mol. The molecule has 5 rings (SSSR count). The smallest absolute Gasteiger partial charge is 0.355 e. The summed E-state index contributed by atoms with van der Waals surface area (Å²) < 4.78 is 24.5. The van der Waals surface area contributed by atoms with Gasteiger partial charge in [0.2, 0.25) is 5.75 Å². The number of methoxy groups -OCH3 is 4. The van der Waals surface area contributed by atoms with E-state index in [1.54, 1.807) is 60.9 Å². The van der Waals surface area contributed by atoms with Crippen LogP contribution in [0.1, 0.15) is 16.1 Å². The van der Waals surface area contributed by atoms with Gasteiger partial charge in [-0.3, -0.25) is 23.7 Å². The number of nitrogen functional groups attached to an aromatic ring is 1. The number of carbonyl (C=O) groups excluding carboxylic acids is 1. The van der Waals surface area contributed by atoms with E-state index in [4.69, 9.17) is 24.7 Å². The molecule has 0 amide bonds. The Bertz CT molecular complexity index is 1890. The highest BCUT2D eigenvalue weighted by Crippen LogP contribution is 2.43. The van der Waals surface area contributed by atoms with E-state index in [9.17, 15) is 14.4 Å². The van der Waals surface area contributed by atoms with Crippen molar-refractivity contribution in [3.8, 4) is 34.1 Å². The van der Waals surface area contributed by atoms with Crippen molar-refractivity contribution in [2.24, 2.45) is 0 Å². The quantitative estimate of drug-likeness (QED) is 0.220. The average molecular weight is 569 g/mol. The van der Waals surface area contributed by atoms with Crippen molar-refractivity contribution in [2.75, 3.05) is 34.2 Å². The first kappa shape index (κ1) is 28.0. The summed E-state index contributed by atoms with van der Waals surface area (Å²) in [4.78, 5) is 45.5. The number of pyridine rings is 3. The van der Waals surface area contributed by atoms with Crippen LogP contribution in [0.5, 0.6) is 17.2 Å². The average Bonchev–Trinajstić information content (AvgIpc) is 3.02. The molecule has 0 radical (unpaired) electrons. The van der Waals surface area contributed by atoms with Gasteiger partial charge < -0.3 is 24.7 Å². The minimum Gasteiger partial charge on any atom is -0.493 e. The van der Waals surface area contributed by atoms with Crippen LogP contribution in [-0.4, -0.2) is 48.5 Å². The number of carbonyl (C=O) groups is 1. The number of fused-ring (bicyclic) bond motifs is 1. The molecule has 0 aliphatic carbocycles. The number of rotatable bonds is 8. The van der Waals surface area contributed by atoms with Crippen molar-refractivity contribution in [3.63, 3.8) is 0 Å². The van der Waals surface area contributed by atoms with Crippen LogP contribution in [-0.2, 0) is 11.3 Å². The molecule has 214 valence electrons. The highest BCUT2D eigenvalue weighted by molar-refractivity contribution is 6.07. The van der Waals surface area contributed by atoms with Gasteiger partial charge in [0.15, 0.2) is 11.5 Å². The molecule has 3 aromatic heterocycles. The van der Waals surface area contributed by atoms with E-state index in [1.807, 2.05) is 0 Å².